The molecule has 0 spiro atoms. The SMILES string of the molecule is CCCc1ccc(CCc2ccc(CCC(CO)CO)cc2C(C)C)cc1. The van der Waals surface area contributed by atoms with Crippen molar-refractivity contribution < 1.29 is 10.2 Å². The van der Waals surface area contributed by atoms with E-state index in [2.05, 4.69) is 63.2 Å². The highest BCUT2D eigenvalue weighted by Crippen LogP contribution is 2.24. The van der Waals surface area contributed by atoms with Gasteiger partial charge in [-0.25, -0.2) is 0 Å². The predicted molar refractivity (Wildman–Crippen MR) is 114 cm³/mol. The molecule has 2 aromatic carbocycles. The van der Waals surface area contributed by atoms with Crippen LogP contribution in [0.15, 0.2) is 42.5 Å². The van der Waals surface area contributed by atoms with Gasteiger partial charge in [0, 0.05) is 19.1 Å². The highest BCUT2D eigenvalue weighted by Gasteiger charge is 2.11. The Morgan fingerprint density at radius 3 is 1.89 bits per heavy atom. The first-order chi connectivity index (χ1) is 13.1. The summed E-state index contributed by atoms with van der Waals surface area (Å²) in [4.78, 5) is 0. The summed E-state index contributed by atoms with van der Waals surface area (Å²) in [7, 11) is 0. The lowest BCUT2D eigenvalue weighted by Crippen LogP contribution is -2.12. The van der Waals surface area contributed by atoms with Crippen LogP contribution in [0.3, 0.4) is 0 Å². The fourth-order valence-electron chi connectivity index (χ4n) is 3.62. The van der Waals surface area contributed by atoms with Crippen LogP contribution >= 0.6 is 0 Å². The Balaban J connectivity index is 2.03. The van der Waals surface area contributed by atoms with Crippen LogP contribution in [0.4, 0.5) is 0 Å². The Morgan fingerprint density at radius 1 is 0.741 bits per heavy atom. The van der Waals surface area contributed by atoms with Gasteiger partial charge in [0.25, 0.3) is 0 Å². The average molecular weight is 369 g/mol. The molecule has 0 aliphatic heterocycles. The molecule has 0 saturated carbocycles. The maximum absolute atomic E-state index is 9.26. The molecule has 0 saturated heterocycles. The van der Waals surface area contributed by atoms with Crippen molar-refractivity contribution in [3.8, 4) is 0 Å². The number of rotatable bonds is 11. The number of aryl methyl sites for hydroxylation is 4. The van der Waals surface area contributed by atoms with Crippen LogP contribution in [0.5, 0.6) is 0 Å². The minimum Gasteiger partial charge on any atom is -0.396 e. The van der Waals surface area contributed by atoms with Crippen molar-refractivity contribution >= 4 is 0 Å². The predicted octanol–water partition coefficient (Wildman–Crippen LogP) is 5.08. The van der Waals surface area contributed by atoms with Crippen LogP contribution in [0.1, 0.15) is 67.3 Å². The van der Waals surface area contributed by atoms with E-state index in [1.54, 1.807) is 0 Å². The van der Waals surface area contributed by atoms with Crippen molar-refractivity contribution in [2.75, 3.05) is 13.2 Å². The summed E-state index contributed by atoms with van der Waals surface area (Å²) in [5.41, 5.74) is 7.00. The monoisotopic (exact) mass is 368 g/mol. The fraction of sp³-hybridized carbons (Fsp3) is 0.520. The van der Waals surface area contributed by atoms with E-state index >= 15 is 0 Å². The largest absolute Gasteiger partial charge is 0.396 e. The summed E-state index contributed by atoms with van der Waals surface area (Å²) in [6.07, 6.45) is 6.23. The van der Waals surface area contributed by atoms with Gasteiger partial charge in [0.15, 0.2) is 0 Å². The molecule has 0 heterocycles. The van der Waals surface area contributed by atoms with Crippen molar-refractivity contribution in [3.63, 3.8) is 0 Å². The van der Waals surface area contributed by atoms with E-state index in [1.165, 1.54) is 34.2 Å². The smallest absolute Gasteiger partial charge is 0.0481 e. The second-order valence-electron chi connectivity index (χ2n) is 8.02. The highest BCUT2D eigenvalue weighted by atomic mass is 16.3. The molecular weight excluding hydrogens is 332 g/mol. The van der Waals surface area contributed by atoms with Gasteiger partial charge in [0.05, 0.1) is 0 Å². The first kappa shape index (κ1) is 21.7. The van der Waals surface area contributed by atoms with Gasteiger partial charge in [-0.15, -0.1) is 0 Å². The van der Waals surface area contributed by atoms with Gasteiger partial charge in [-0.2, -0.15) is 0 Å². The molecule has 2 rings (SSSR count). The molecule has 0 amide bonds. The van der Waals surface area contributed by atoms with E-state index in [-0.39, 0.29) is 19.1 Å². The molecule has 0 radical (unpaired) electrons. The van der Waals surface area contributed by atoms with Gasteiger partial charge < -0.3 is 10.2 Å². The quantitative estimate of drug-likeness (QED) is 0.580. The summed E-state index contributed by atoms with van der Waals surface area (Å²) in [5, 5.41) is 18.5. The first-order valence-corrected chi connectivity index (χ1v) is 10.5. The van der Waals surface area contributed by atoms with Gasteiger partial charge in [-0.3, -0.25) is 0 Å². The maximum atomic E-state index is 9.26. The summed E-state index contributed by atoms with van der Waals surface area (Å²) in [6, 6.07) is 15.9. The van der Waals surface area contributed by atoms with Crippen LogP contribution in [-0.2, 0) is 25.7 Å². The molecule has 2 heteroatoms. The number of benzene rings is 2. The van der Waals surface area contributed by atoms with Crippen LogP contribution in [0.2, 0.25) is 0 Å². The van der Waals surface area contributed by atoms with E-state index < -0.39 is 0 Å². The Labute approximate surface area is 165 Å². The van der Waals surface area contributed by atoms with Gasteiger partial charge in [-0.1, -0.05) is 69.7 Å². The Hall–Kier alpha value is -1.64. The Kier molecular flexibility index (Phi) is 9.03. The standard InChI is InChI=1S/C25H36O2/c1-4-5-20-6-8-21(9-7-20)12-14-24-15-13-22(16-25(24)19(2)3)10-11-23(17-26)18-27/h6-9,13,15-16,19,23,26-27H,4-5,10-12,14,17-18H2,1-3H3. The summed E-state index contributed by atoms with van der Waals surface area (Å²) < 4.78 is 0. The Bertz CT molecular complexity index is 669. The van der Waals surface area contributed by atoms with Crippen LogP contribution in [-0.4, -0.2) is 23.4 Å². The lowest BCUT2D eigenvalue weighted by molar-refractivity contribution is 0.144. The second-order valence-corrected chi connectivity index (χ2v) is 8.02. The minimum absolute atomic E-state index is 0.0112. The molecule has 0 atom stereocenters. The second kappa shape index (κ2) is 11.3. The van der Waals surface area contributed by atoms with Crippen molar-refractivity contribution in [1.29, 1.82) is 0 Å². The molecule has 0 aliphatic carbocycles. The van der Waals surface area contributed by atoms with Gasteiger partial charge in [0.1, 0.15) is 0 Å². The van der Waals surface area contributed by atoms with E-state index in [0.29, 0.717) is 5.92 Å². The fourth-order valence-corrected chi connectivity index (χ4v) is 3.62. The summed E-state index contributed by atoms with van der Waals surface area (Å²) >= 11 is 0. The Morgan fingerprint density at radius 2 is 1.33 bits per heavy atom. The average Bonchev–Trinajstić information content (AvgIpc) is 2.68. The first-order valence-electron chi connectivity index (χ1n) is 10.5. The zero-order valence-electron chi connectivity index (χ0n) is 17.2. The van der Waals surface area contributed by atoms with Crippen LogP contribution in [0.25, 0.3) is 0 Å². The number of hydrogen-bond donors (Lipinski definition) is 2. The number of hydrogen-bond acceptors (Lipinski definition) is 2. The van der Waals surface area contributed by atoms with Crippen molar-refractivity contribution in [3.05, 3.63) is 70.3 Å². The zero-order valence-corrected chi connectivity index (χ0v) is 17.2. The van der Waals surface area contributed by atoms with Crippen LogP contribution < -0.4 is 0 Å². The molecular formula is C25H36O2. The molecule has 148 valence electrons. The topological polar surface area (TPSA) is 40.5 Å². The number of aliphatic hydroxyl groups excluding tert-OH is 2. The third kappa shape index (κ3) is 6.79. The van der Waals surface area contributed by atoms with E-state index in [9.17, 15) is 10.2 Å². The lowest BCUT2D eigenvalue weighted by atomic mass is 9.90. The molecule has 2 N–H and O–H groups in total. The van der Waals surface area contributed by atoms with E-state index in [1.807, 2.05) is 0 Å². The normalized spacial score (nSPS) is 11.5. The molecule has 0 aliphatic rings. The highest BCUT2D eigenvalue weighted by molar-refractivity contribution is 5.35. The molecule has 2 nitrogen and oxygen atoms in total. The maximum Gasteiger partial charge on any atom is 0.0481 e. The van der Waals surface area contributed by atoms with Crippen molar-refractivity contribution in [2.24, 2.45) is 5.92 Å². The molecule has 0 aromatic heterocycles. The van der Waals surface area contributed by atoms with Crippen molar-refractivity contribution in [1.82, 2.24) is 0 Å². The lowest BCUT2D eigenvalue weighted by Gasteiger charge is -2.16. The summed E-state index contributed by atoms with van der Waals surface area (Å²) in [6.45, 7) is 6.85. The third-order valence-electron chi connectivity index (χ3n) is 5.43. The molecule has 27 heavy (non-hydrogen) atoms. The zero-order chi connectivity index (χ0) is 19.6. The molecule has 0 fully saturated rings. The van der Waals surface area contributed by atoms with E-state index in [4.69, 9.17) is 0 Å². The molecule has 0 unspecified atom stereocenters. The number of aliphatic hydroxyl groups is 2. The molecule has 0 bridgehead atoms. The third-order valence-corrected chi connectivity index (χ3v) is 5.43. The minimum atomic E-state index is -0.0112. The van der Waals surface area contributed by atoms with Crippen LogP contribution in [0, 0.1) is 5.92 Å². The van der Waals surface area contributed by atoms with Gasteiger partial charge in [0.2, 0.25) is 0 Å². The van der Waals surface area contributed by atoms with Gasteiger partial charge in [-0.05, 0) is 65.8 Å². The van der Waals surface area contributed by atoms with E-state index in [0.717, 1.165) is 32.1 Å². The van der Waals surface area contributed by atoms with Gasteiger partial charge >= 0.3 is 0 Å². The van der Waals surface area contributed by atoms with Crippen molar-refractivity contribution in [2.45, 2.75) is 65.2 Å². The molecule has 2 aromatic rings. The summed E-state index contributed by atoms with van der Waals surface area (Å²) in [5.74, 6) is 0.487.